The van der Waals surface area contributed by atoms with Crippen LogP contribution in [-0.2, 0) is 4.79 Å². The van der Waals surface area contributed by atoms with E-state index in [1.807, 2.05) is 11.8 Å². The maximum atomic E-state index is 12.8. The van der Waals surface area contributed by atoms with Crippen LogP contribution in [0.3, 0.4) is 0 Å². The first kappa shape index (κ1) is 18.0. The highest BCUT2D eigenvalue weighted by Gasteiger charge is 2.41. The third kappa shape index (κ3) is 4.71. The van der Waals surface area contributed by atoms with Gasteiger partial charge in [-0.3, -0.25) is 4.79 Å². The van der Waals surface area contributed by atoms with Crippen molar-refractivity contribution in [2.45, 2.75) is 59.3 Å². The molecule has 0 spiro atoms. The van der Waals surface area contributed by atoms with Gasteiger partial charge < -0.3 is 9.80 Å². The summed E-state index contributed by atoms with van der Waals surface area (Å²) in [5.41, 5.74) is -0.733. The van der Waals surface area contributed by atoms with E-state index in [2.05, 4.69) is 24.8 Å². The molecule has 1 aliphatic carbocycles. The second-order valence-electron chi connectivity index (χ2n) is 6.02. The van der Waals surface area contributed by atoms with Crippen molar-refractivity contribution in [3.8, 4) is 6.07 Å². The van der Waals surface area contributed by atoms with Crippen LogP contribution in [0.15, 0.2) is 0 Å². The summed E-state index contributed by atoms with van der Waals surface area (Å²) >= 11 is 0. The van der Waals surface area contributed by atoms with Crippen molar-refractivity contribution >= 4 is 5.91 Å². The highest BCUT2D eigenvalue weighted by atomic mass is 16.2. The number of carbonyl (C=O) groups excluding carboxylic acids is 1. The minimum Gasteiger partial charge on any atom is -0.342 e. The Morgan fingerprint density at radius 3 is 2.14 bits per heavy atom. The van der Waals surface area contributed by atoms with Crippen LogP contribution in [0, 0.1) is 16.7 Å². The van der Waals surface area contributed by atoms with E-state index >= 15 is 0 Å². The molecule has 1 amide bonds. The number of amides is 1. The van der Waals surface area contributed by atoms with Gasteiger partial charge >= 0.3 is 0 Å². The molecule has 0 unspecified atom stereocenters. The largest absolute Gasteiger partial charge is 0.342 e. The van der Waals surface area contributed by atoms with Gasteiger partial charge in [0.1, 0.15) is 5.41 Å². The van der Waals surface area contributed by atoms with Gasteiger partial charge in [0.25, 0.3) is 0 Å². The molecule has 4 heteroatoms. The molecular weight excluding hydrogens is 262 g/mol. The Labute approximate surface area is 130 Å². The molecule has 0 aromatic carbocycles. The first-order valence-corrected chi connectivity index (χ1v) is 8.56. The third-order valence-corrected chi connectivity index (χ3v) is 4.80. The fraction of sp³-hybridized carbons (Fsp3) is 0.882. The summed E-state index contributed by atoms with van der Waals surface area (Å²) in [6, 6.07) is 2.35. The minimum atomic E-state index is -0.733. The Hall–Kier alpha value is -1.08. The van der Waals surface area contributed by atoms with E-state index in [1.165, 1.54) is 0 Å². The molecule has 120 valence electrons. The fourth-order valence-corrected chi connectivity index (χ4v) is 3.26. The van der Waals surface area contributed by atoms with E-state index < -0.39 is 5.41 Å². The van der Waals surface area contributed by atoms with Crippen LogP contribution >= 0.6 is 0 Å². The van der Waals surface area contributed by atoms with Crippen molar-refractivity contribution in [2.24, 2.45) is 5.41 Å². The molecule has 0 N–H and O–H groups in total. The number of hydrogen-bond donors (Lipinski definition) is 0. The molecule has 1 fully saturated rings. The smallest absolute Gasteiger partial charge is 0.243 e. The van der Waals surface area contributed by atoms with Crippen LogP contribution in [0.5, 0.6) is 0 Å². The van der Waals surface area contributed by atoms with Gasteiger partial charge in [0.05, 0.1) is 6.07 Å². The van der Waals surface area contributed by atoms with Crippen molar-refractivity contribution in [1.82, 2.24) is 9.80 Å². The van der Waals surface area contributed by atoms with Gasteiger partial charge in [-0.25, -0.2) is 0 Å². The zero-order valence-electron chi connectivity index (χ0n) is 14.0. The van der Waals surface area contributed by atoms with E-state index in [9.17, 15) is 10.1 Å². The highest BCUT2D eigenvalue weighted by molar-refractivity contribution is 5.85. The van der Waals surface area contributed by atoms with Crippen LogP contribution in [-0.4, -0.2) is 48.4 Å². The minimum absolute atomic E-state index is 0.0757. The Morgan fingerprint density at radius 1 is 1.05 bits per heavy atom. The van der Waals surface area contributed by atoms with Crippen molar-refractivity contribution < 1.29 is 4.79 Å². The zero-order chi connectivity index (χ0) is 15.7. The second-order valence-corrected chi connectivity index (χ2v) is 6.02. The molecule has 0 aliphatic heterocycles. The van der Waals surface area contributed by atoms with Crippen molar-refractivity contribution in [3.63, 3.8) is 0 Å². The van der Waals surface area contributed by atoms with Gasteiger partial charge in [-0.15, -0.1) is 0 Å². The molecule has 1 aliphatic rings. The quantitative estimate of drug-likeness (QED) is 0.691. The van der Waals surface area contributed by atoms with Crippen LogP contribution in [0.2, 0.25) is 0 Å². The molecule has 0 atom stereocenters. The van der Waals surface area contributed by atoms with Crippen molar-refractivity contribution in [1.29, 1.82) is 5.26 Å². The molecular formula is C17H31N3O. The van der Waals surface area contributed by atoms with Crippen molar-refractivity contribution in [2.75, 3.05) is 32.7 Å². The predicted octanol–water partition coefficient (Wildman–Crippen LogP) is 3.04. The number of nitrogens with zero attached hydrogens (tertiary/aromatic N) is 3. The molecule has 0 heterocycles. The summed E-state index contributed by atoms with van der Waals surface area (Å²) in [7, 11) is 0. The lowest BCUT2D eigenvalue weighted by Crippen LogP contribution is -2.45. The molecule has 0 saturated heterocycles. The summed E-state index contributed by atoms with van der Waals surface area (Å²) in [5, 5.41) is 9.54. The predicted molar refractivity (Wildman–Crippen MR) is 85.8 cm³/mol. The molecule has 0 aromatic heterocycles. The van der Waals surface area contributed by atoms with Gasteiger partial charge in [0, 0.05) is 13.1 Å². The van der Waals surface area contributed by atoms with Crippen LogP contribution in [0.4, 0.5) is 0 Å². The highest BCUT2D eigenvalue weighted by Crippen LogP contribution is 2.37. The lowest BCUT2D eigenvalue weighted by Gasteiger charge is -2.34. The Balaban J connectivity index is 2.58. The van der Waals surface area contributed by atoms with Gasteiger partial charge in [-0.2, -0.15) is 5.26 Å². The first-order valence-electron chi connectivity index (χ1n) is 8.56. The van der Waals surface area contributed by atoms with Crippen LogP contribution in [0.25, 0.3) is 0 Å². The maximum absolute atomic E-state index is 12.8. The number of hydrogen-bond acceptors (Lipinski definition) is 3. The summed E-state index contributed by atoms with van der Waals surface area (Å²) in [5.74, 6) is 0.0757. The zero-order valence-corrected chi connectivity index (χ0v) is 14.0. The topological polar surface area (TPSA) is 47.3 Å². The van der Waals surface area contributed by atoms with E-state index in [0.717, 1.165) is 64.7 Å². The lowest BCUT2D eigenvalue weighted by molar-refractivity contribution is -0.140. The fourth-order valence-electron chi connectivity index (χ4n) is 3.26. The van der Waals surface area contributed by atoms with Crippen molar-refractivity contribution in [3.05, 3.63) is 0 Å². The number of carbonyl (C=O) groups is 1. The van der Waals surface area contributed by atoms with Gasteiger partial charge in [-0.1, -0.05) is 33.1 Å². The summed E-state index contributed by atoms with van der Waals surface area (Å²) in [6.07, 6.45) is 5.66. The Kier molecular flexibility index (Phi) is 7.74. The average molecular weight is 293 g/mol. The molecule has 0 aromatic rings. The molecule has 0 bridgehead atoms. The second kappa shape index (κ2) is 9.04. The molecule has 1 rings (SSSR count). The monoisotopic (exact) mass is 293 g/mol. The Morgan fingerprint density at radius 2 is 1.67 bits per heavy atom. The molecule has 4 nitrogen and oxygen atoms in total. The van der Waals surface area contributed by atoms with Gasteiger partial charge in [0.15, 0.2) is 0 Å². The SMILES string of the molecule is CCN(CC)CCCN(CC)C(=O)C1(C#N)CCCCC1. The standard InChI is InChI=1S/C17H31N3O/c1-4-19(5-2)13-10-14-20(6-3)16(21)17(15-18)11-8-7-9-12-17/h4-14H2,1-3H3. The lowest BCUT2D eigenvalue weighted by atomic mass is 9.74. The van der Waals surface area contributed by atoms with Gasteiger partial charge in [0.2, 0.25) is 5.91 Å². The van der Waals surface area contributed by atoms with E-state index in [4.69, 9.17) is 0 Å². The Bertz CT molecular complexity index is 352. The number of rotatable bonds is 8. The van der Waals surface area contributed by atoms with Gasteiger partial charge in [-0.05, 0) is 45.8 Å². The van der Waals surface area contributed by atoms with Crippen LogP contribution < -0.4 is 0 Å². The normalized spacial score (nSPS) is 17.5. The van der Waals surface area contributed by atoms with Crippen LogP contribution in [0.1, 0.15) is 59.3 Å². The number of nitriles is 1. The average Bonchev–Trinajstić information content (AvgIpc) is 2.55. The maximum Gasteiger partial charge on any atom is 0.243 e. The van der Waals surface area contributed by atoms with E-state index in [1.54, 1.807) is 0 Å². The third-order valence-electron chi connectivity index (χ3n) is 4.80. The van der Waals surface area contributed by atoms with E-state index in [-0.39, 0.29) is 5.91 Å². The molecule has 1 saturated carbocycles. The summed E-state index contributed by atoms with van der Waals surface area (Å²) in [6.45, 7) is 11.0. The molecule has 21 heavy (non-hydrogen) atoms. The first-order chi connectivity index (χ1) is 10.1. The molecule has 0 radical (unpaired) electrons. The van der Waals surface area contributed by atoms with E-state index in [0.29, 0.717) is 6.54 Å². The summed E-state index contributed by atoms with van der Waals surface area (Å²) < 4.78 is 0. The summed E-state index contributed by atoms with van der Waals surface area (Å²) in [4.78, 5) is 17.1.